The van der Waals surface area contributed by atoms with Gasteiger partial charge in [0.15, 0.2) is 11.5 Å². The molecule has 0 unspecified atom stereocenters. The van der Waals surface area contributed by atoms with Crippen LogP contribution in [-0.2, 0) is 11.2 Å². The van der Waals surface area contributed by atoms with Gasteiger partial charge in [-0.15, -0.1) is 0 Å². The lowest BCUT2D eigenvalue weighted by molar-refractivity contribution is -0.127. The fourth-order valence-corrected chi connectivity index (χ4v) is 1.69. The van der Waals surface area contributed by atoms with Gasteiger partial charge in [-0.05, 0) is 17.7 Å². The average Bonchev–Trinajstić information content (AvgIpc) is 2.49. The van der Waals surface area contributed by atoms with Crippen LogP contribution in [0.15, 0.2) is 36.7 Å². The zero-order chi connectivity index (χ0) is 15.2. The molecule has 1 heterocycles. The van der Waals surface area contributed by atoms with E-state index in [4.69, 9.17) is 5.26 Å². The molecule has 106 valence electrons. The van der Waals surface area contributed by atoms with E-state index in [-0.39, 0.29) is 11.6 Å². The Balaban J connectivity index is 2.09. The maximum Gasteiger partial charge on any atom is 0.226 e. The largest absolute Gasteiger partial charge is 0.349 e. The zero-order valence-electron chi connectivity index (χ0n) is 11.9. The first kappa shape index (κ1) is 14.5. The second kappa shape index (κ2) is 6.48. The molecule has 2 rings (SSSR count). The topological polar surface area (TPSA) is 81.9 Å². The van der Waals surface area contributed by atoms with Gasteiger partial charge in [0.25, 0.3) is 0 Å². The number of nitriles is 1. The van der Waals surface area contributed by atoms with Crippen molar-refractivity contribution in [1.29, 1.82) is 5.26 Å². The van der Waals surface area contributed by atoms with Gasteiger partial charge in [0.1, 0.15) is 6.07 Å². The Hall–Kier alpha value is -2.94. The molecule has 0 aliphatic heterocycles. The number of nitrogens with zero attached hydrogens (tertiary/aromatic N) is 4. The molecular weight excluding hydrogens is 266 g/mol. The van der Waals surface area contributed by atoms with Crippen molar-refractivity contribution in [2.24, 2.45) is 0 Å². The van der Waals surface area contributed by atoms with E-state index >= 15 is 0 Å². The summed E-state index contributed by atoms with van der Waals surface area (Å²) in [4.78, 5) is 21.2. The van der Waals surface area contributed by atoms with Gasteiger partial charge in [-0.25, -0.2) is 9.97 Å². The number of nitrogens with one attached hydrogen (secondary N) is 1. The Labute approximate surface area is 123 Å². The minimum absolute atomic E-state index is 0.0522. The summed E-state index contributed by atoms with van der Waals surface area (Å²) in [5, 5.41) is 12.0. The normalized spacial score (nSPS) is 9.76. The summed E-state index contributed by atoms with van der Waals surface area (Å²) in [6.45, 7) is 0. The molecule has 0 saturated carbocycles. The number of rotatable bonds is 4. The first-order chi connectivity index (χ1) is 10.1. The predicted octanol–water partition coefficient (Wildman–Crippen LogP) is 1.72. The van der Waals surface area contributed by atoms with Crippen molar-refractivity contribution in [3.05, 3.63) is 47.9 Å². The highest BCUT2D eigenvalue weighted by Gasteiger charge is 2.07. The average molecular weight is 281 g/mol. The molecule has 0 spiro atoms. The lowest BCUT2D eigenvalue weighted by atomic mass is 10.1. The molecule has 0 aliphatic carbocycles. The summed E-state index contributed by atoms with van der Waals surface area (Å²) in [6.07, 6.45) is 3.36. The number of carbonyl (C=O) groups excluding carboxylic acids is 1. The van der Waals surface area contributed by atoms with Crippen LogP contribution in [0.25, 0.3) is 0 Å². The minimum Gasteiger partial charge on any atom is -0.349 e. The van der Waals surface area contributed by atoms with Crippen LogP contribution in [0.5, 0.6) is 0 Å². The van der Waals surface area contributed by atoms with E-state index in [0.29, 0.717) is 12.2 Å². The van der Waals surface area contributed by atoms with Crippen LogP contribution in [0.1, 0.15) is 11.3 Å². The second-order valence-electron chi connectivity index (χ2n) is 4.65. The molecule has 1 aromatic carbocycles. The van der Waals surface area contributed by atoms with Crippen LogP contribution in [-0.4, -0.2) is 34.9 Å². The second-order valence-corrected chi connectivity index (χ2v) is 4.65. The molecule has 0 bridgehead atoms. The van der Waals surface area contributed by atoms with Crippen molar-refractivity contribution in [3.8, 4) is 6.07 Å². The Morgan fingerprint density at radius 1 is 1.24 bits per heavy atom. The zero-order valence-corrected chi connectivity index (χ0v) is 11.9. The van der Waals surface area contributed by atoms with E-state index in [2.05, 4.69) is 15.3 Å². The number of aromatic nitrogens is 2. The number of amides is 1. The molecule has 6 nitrogen and oxygen atoms in total. The van der Waals surface area contributed by atoms with Gasteiger partial charge in [0, 0.05) is 32.2 Å². The maximum atomic E-state index is 11.6. The maximum absolute atomic E-state index is 11.6. The first-order valence-electron chi connectivity index (χ1n) is 6.37. The van der Waals surface area contributed by atoms with Crippen molar-refractivity contribution >= 4 is 17.4 Å². The Bertz CT molecular complexity index is 673. The summed E-state index contributed by atoms with van der Waals surface area (Å²) in [5.74, 6) is 0.466. The summed E-state index contributed by atoms with van der Waals surface area (Å²) in [6, 6.07) is 9.40. The van der Waals surface area contributed by atoms with Gasteiger partial charge in [-0.1, -0.05) is 12.1 Å². The number of hydrogen-bond donors (Lipinski definition) is 1. The monoisotopic (exact) mass is 281 g/mol. The molecule has 0 saturated heterocycles. The van der Waals surface area contributed by atoms with E-state index in [1.165, 1.54) is 12.4 Å². The Kier molecular flexibility index (Phi) is 4.46. The van der Waals surface area contributed by atoms with Gasteiger partial charge in [-0.2, -0.15) is 5.26 Å². The van der Waals surface area contributed by atoms with Gasteiger partial charge in [-0.3, -0.25) is 4.79 Å². The standard InChI is InChI=1S/C15H15N5O/c1-20(2)14(21)9-11-3-5-12(6-4-11)19-15-13(10-16)17-7-8-18-15/h3-8H,9H2,1-2H3,(H,18,19). The molecule has 1 amide bonds. The van der Waals surface area contributed by atoms with Gasteiger partial charge in [0.2, 0.25) is 5.91 Å². The summed E-state index contributed by atoms with van der Waals surface area (Å²) in [7, 11) is 3.46. The van der Waals surface area contributed by atoms with Crippen molar-refractivity contribution in [3.63, 3.8) is 0 Å². The highest BCUT2D eigenvalue weighted by atomic mass is 16.2. The van der Waals surface area contributed by atoms with Crippen molar-refractivity contribution in [2.45, 2.75) is 6.42 Å². The Morgan fingerprint density at radius 2 is 1.90 bits per heavy atom. The molecule has 21 heavy (non-hydrogen) atoms. The van der Waals surface area contributed by atoms with E-state index < -0.39 is 0 Å². The molecule has 0 radical (unpaired) electrons. The molecule has 2 aromatic rings. The summed E-state index contributed by atoms with van der Waals surface area (Å²) in [5.41, 5.74) is 1.95. The van der Waals surface area contributed by atoms with Gasteiger partial charge >= 0.3 is 0 Å². The SMILES string of the molecule is CN(C)C(=O)Cc1ccc(Nc2nccnc2C#N)cc1. The Morgan fingerprint density at radius 3 is 2.52 bits per heavy atom. The van der Waals surface area contributed by atoms with Crippen molar-refractivity contribution < 1.29 is 4.79 Å². The fourth-order valence-electron chi connectivity index (χ4n) is 1.69. The van der Waals surface area contributed by atoms with Crippen LogP contribution in [0.4, 0.5) is 11.5 Å². The highest BCUT2D eigenvalue weighted by Crippen LogP contribution is 2.17. The fraction of sp³-hybridized carbons (Fsp3) is 0.200. The minimum atomic E-state index is 0.0522. The van der Waals surface area contributed by atoms with Crippen LogP contribution < -0.4 is 5.32 Å². The first-order valence-corrected chi connectivity index (χ1v) is 6.37. The quantitative estimate of drug-likeness (QED) is 0.922. The van der Waals surface area contributed by atoms with Crippen LogP contribution >= 0.6 is 0 Å². The predicted molar refractivity (Wildman–Crippen MR) is 78.9 cm³/mol. The van der Waals surface area contributed by atoms with E-state index in [1.807, 2.05) is 30.3 Å². The van der Waals surface area contributed by atoms with Crippen LogP contribution in [0, 0.1) is 11.3 Å². The molecule has 6 heteroatoms. The lowest BCUT2D eigenvalue weighted by Gasteiger charge is -2.11. The van der Waals surface area contributed by atoms with E-state index in [0.717, 1.165) is 11.3 Å². The lowest BCUT2D eigenvalue weighted by Crippen LogP contribution is -2.23. The third kappa shape index (κ3) is 3.76. The number of hydrogen-bond acceptors (Lipinski definition) is 5. The highest BCUT2D eigenvalue weighted by molar-refractivity contribution is 5.78. The number of likely N-dealkylation sites (N-methyl/N-ethyl adjacent to an activating group) is 1. The van der Waals surface area contributed by atoms with Crippen LogP contribution in [0.2, 0.25) is 0 Å². The molecule has 0 atom stereocenters. The van der Waals surface area contributed by atoms with E-state index in [9.17, 15) is 4.79 Å². The summed E-state index contributed by atoms with van der Waals surface area (Å²) >= 11 is 0. The van der Waals surface area contributed by atoms with Crippen LogP contribution in [0.3, 0.4) is 0 Å². The third-order valence-electron chi connectivity index (χ3n) is 2.87. The van der Waals surface area contributed by atoms with Crippen molar-refractivity contribution in [2.75, 3.05) is 19.4 Å². The summed E-state index contributed by atoms with van der Waals surface area (Å²) < 4.78 is 0. The van der Waals surface area contributed by atoms with Gasteiger partial charge < -0.3 is 10.2 Å². The number of benzene rings is 1. The number of carbonyl (C=O) groups is 1. The molecular formula is C15H15N5O. The van der Waals surface area contributed by atoms with E-state index in [1.54, 1.807) is 19.0 Å². The molecule has 0 aliphatic rings. The molecule has 1 aromatic heterocycles. The van der Waals surface area contributed by atoms with Gasteiger partial charge in [0.05, 0.1) is 6.42 Å². The number of anilines is 2. The molecule has 0 fully saturated rings. The van der Waals surface area contributed by atoms with Crippen molar-refractivity contribution in [1.82, 2.24) is 14.9 Å². The third-order valence-corrected chi connectivity index (χ3v) is 2.87. The smallest absolute Gasteiger partial charge is 0.226 e. The molecule has 1 N–H and O–H groups in total.